The van der Waals surface area contributed by atoms with Gasteiger partial charge in [-0.1, -0.05) is 37.0 Å². The number of hydrogen-bond donors (Lipinski definition) is 2. The minimum absolute atomic E-state index is 0.337. The maximum Gasteiger partial charge on any atom is 0.124 e. The van der Waals surface area contributed by atoms with Crippen LogP contribution in [0.4, 0.5) is 5.69 Å². The molecule has 1 heterocycles. The molecule has 2 atom stereocenters. The van der Waals surface area contributed by atoms with E-state index in [0.717, 1.165) is 16.8 Å². The van der Waals surface area contributed by atoms with E-state index in [9.17, 15) is 0 Å². The molecule has 0 aliphatic heterocycles. The smallest absolute Gasteiger partial charge is 0.124 e. The first-order valence-corrected chi connectivity index (χ1v) is 13.0. The van der Waals surface area contributed by atoms with Gasteiger partial charge in [-0.15, -0.1) is 0 Å². The van der Waals surface area contributed by atoms with Crippen molar-refractivity contribution in [2.45, 2.75) is 40.7 Å². The lowest BCUT2D eigenvalue weighted by Crippen LogP contribution is -2.07. The first kappa shape index (κ1) is 23.4. The molecule has 0 amide bonds. The van der Waals surface area contributed by atoms with Crippen LogP contribution in [0.1, 0.15) is 50.6 Å². The molecule has 0 saturated heterocycles. The van der Waals surface area contributed by atoms with Crippen LogP contribution >= 0.6 is 51.6 Å². The molecular weight excluding hydrogens is 503 g/mol. The lowest BCUT2D eigenvalue weighted by molar-refractivity contribution is 0.227. The molecule has 26 heavy (non-hydrogen) atoms. The number of pyridine rings is 1. The Balaban J connectivity index is 0.00000163. The Labute approximate surface area is 180 Å². The highest BCUT2D eigenvalue weighted by molar-refractivity contribution is 14.2. The quantitative estimate of drug-likeness (QED) is 0.232. The number of nitrogens with one attached hydrogen (secondary N) is 2. The molecule has 0 aliphatic rings. The Hall–Kier alpha value is -0.620. The molecule has 1 unspecified atom stereocenters. The lowest BCUT2D eigenvalue weighted by Gasteiger charge is -2.19. The Bertz CT molecular complexity index is 774. The van der Waals surface area contributed by atoms with E-state index in [4.69, 9.17) is 33.3 Å². The molecule has 0 aliphatic carbocycles. The van der Waals surface area contributed by atoms with Gasteiger partial charge in [-0.2, -0.15) is 0 Å². The van der Waals surface area contributed by atoms with Crippen LogP contribution in [0.15, 0.2) is 24.4 Å². The zero-order valence-electron chi connectivity index (χ0n) is 15.4. The van der Waals surface area contributed by atoms with Gasteiger partial charge in [0.2, 0.25) is 0 Å². The van der Waals surface area contributed by atoms with Crippen LogP contribution in [0.2, 0.25) is 10.0 Å². The van der Waals surface area contributed by atoms with Gasteiger partial charge < -0.3 is 15.2 Å². The molecule has 2 rings (SSSR count). The number of aryl methyl sites for hydroxylation is 1. The van der Waals surface area contributed by atoms with Crippen LogP contribution < -0.4 is 9.82 Å². The molecule has 0 fully saturated rings. The van der Waals surface area contributed by atoms with E-state index in [1.165, 1.54) is 0 Å². The van der Waals surface area contributed by atoms with Crippen molar-refractivity contribution in [2.24, 2.45) is 0 Å². The molecule has 0 bridgehead atoms. The van der Waals surface area contributed by atoms with Crippen molar-refractivity contribution in [3.63, 3.8) is 0 Å². The summed E-state index contributed by atoms with van der Waals surface area (Å²) in [6.45, 7) is 9.47. The SMILES string of the molecule is CC.CC(=N)c1cc(O[C@H](C)c2c(Cl)cnc(C)c2Cl)ccc1NPI. The molecule has 8 heteroatoms. The van der Waals surface area contributed by atoms with Gasteiger partial charge in [-0.05, 0) is 61.0 Å². The van der Waals surface area contributed by atoms with Crippen molar-refractivity contribution in [1.82, 2.24) is 4.98 Å². The van der Waals surface area contributed by atoms with Crippen LogP contribution in [0.5, 0.6) is 5.75 Å². The topological polar surface area (TPSA) is 58.0 Å². The molecule has 2 N–H and O–H groups in total. The Morgan fingerprint density at radius 1 is 1.35 bits per heavy atom. The molecule has 0 saturated carbocycles. The van der Waals surface area contributed by atoms with Gasteiger partial charge in [0, 0.05) is 35.1 Å². The Morgan fingerprint density at radius 2 is 2.00 bits per heavy atom. The van der Waals surface area contributed by atoms with Crippen molar-refractivity contribution in [3.8, 4) is 5.75 Å². The third-order valence-corrected chi connectivity index (χ3v) is 5.43. The Morgan fingerprint density at radius 3 is 2.58 bits per heavy atom. The van der Waals surface area contributed by atoms with Crippen LogP contribution in [-0.2, 0) is 0 Å². The number of benzene rings is 1. The number of ether oxygens (including phenoxy) is 1. The van der Waals surface area contributed by atoms with Crippen molar-refractivity contribution < 1.29 is 4.74 Å². The standard InChI is InChI=1S/C16H17Cl2IN3OP.C2H6/c1-8(20)12-6-11(4-5-14(12)22-24-19)23-10(3)15-13(17)7-21-9(2)16(15)18;1-2/h4-7,10,20,22,24H,1-3H3;1-2H3/t10-;/m1./s1. The second kappa shape index (κ2) is 11.3. The van der Waals surface area contributed by atoms with E-state index in [1.54, 1.807) is 13.1 Å². The highest BCUT2D eigenvalue weighted by Gasteiger charge is 2.18. The fourth-order valence-corrected chi connectivity index (χ4v) is 4.12. The summed E-state index contributed by atoms with van der Waals surface area (Å²) < 4.78 is 6.02. The van der Waals surface area contributed by atoms with Crippen molar-refractivity contribution in [1.29, 1.82) is 5.41 Å². The predicted molar refractivity (Wildman–Crippen MR) is 124 cm³/mol. The van der Waals surface area contributed by atoms with Gasteiger partial charge >= 0.3 is 0 Å². The van der Waals surface area contributed by atoms with Crippen molar-refractivity contribution >= 4 is 63.0 Å². The number of rotatable bonds is 6. The minimum atomic E-state index is -0.337. The summed E-state index contributed by atoms with van der Waals surface area (Å²) in [6, 6.07) is 5.65. The Kier molecular flexibility index (Phi) is 10.2. The molecule has 142 valence electrons. The molecule has 1 aromatic carbocycles. The zero-order valence-corrected chi connectivity index (χ0v) is 20.0. The molecule has 0 spiro atoms. The molecule has 1 aromatic heterocycles. The molecule has 0 radical (unpaired) electrons. The number of nitrogens with zero attached hydrogens (tertiary/aromatic N) is 1. The summed E-state index contributed by atoms with van der Waals surface area (Å²) in [4.78, 5) is 4.14. The zero-order chi connectivity index (χ0) is 19.9. The van der Waals surface area contributed by atoms with Gasteiger partial charge in [0.15, 0.2) is 0 Å². The van der Waals surface area contributed by atoms with E-state index >= 15 is 0 Å². The number of hydrogen-bond acceptors (Lipinski definition) is 4. The van der Waals surface area contributed by atoms with Crippen LogP contribution in [-0.4, -0.2) is 10.7 Å². The third-order valence-electron chi connectivity index (χ3n) is 3.48. The lowest BCUT2D eigenvalue weighted by atomic mass is 10.1. The van der Waals surface area contributed by atoms with Crippen molar-refractivity contribution in [2.75, 3.05) is 5.09 Å². The third kappa shape index (κ3) is 5.95. The van der Waals surface area contributed by atoms with Crippen LogP contribution in [0, 0.1) is 12.3 Å². The predicted octanol–water partition coefficient (Wildman–Crippen LogP) is 7.61. The summed E-state index contributed by atoms with van der Waals surface area (Å²) in [5.74, 6) is 0.660. The first-order valence-electron chi connectivity index (χ1n) is 8.13. The van der Waals surface area contributed by atoms with Crippen molar-refractivity contribution in [3.05, 3.63) is 51.3 Å². The normalized spacial score (nSPS) is 11.7. The summed E-state index contributed by atoms with van der Waals surface area (Å²) in [5.41, 5.74) is 3.64. The van der Waals surface area contributed by atoms with E-state index in [-0.39, 0.29) is 6.10 Å². The maximum atomic E-state index is 7.95. The number of halogens is 3. The average Bonchev–Trinajstić information content (AvgIpc) is 2.61. The molecular formula is C18H23Cl2IN3OP. The van der Waals surface area contributed by atoms with E-state index in [1.807, 2.05) is 45.9 Å². The monoisotopic (exact) mass is 525 g/mol. The second-order valence-electron chi connectivity index (χ2n) is 5.23. The highest BCUT2D eigenvalue weighted by Crippen LogP contribution is 2.35. The van der Waals surface area contributed by atoms with Crippen LogP contribution in [0.3, 0.4) is 0 Å². The molecule has 4 nitrogen and oxygen atoms in total. The summed E-state index contributed by atoms with van der Waals surface area (Å²) in [5, 5.41) is 12.2. The van der Waals surface area contributed by atoms with E-state index < -0.39 is 0 Å². The first-order chi connectivity index (χ1) is 12.3. The highest BCUT2D eigenvalue weighted by atomic mass is 127. The van der Waals surface area contributed by atoms with Gasteiger partial charge in [-0.25, -0.2) is 0 Å². The van der Waals surface area contributed by atoms with E-state index in [2.05, 4.69) is 32.1 Å². The fourth-order valence-electron chi connectivity index (χ4n) is 2.28. The van der Waals surface area contributed by atoms with E-state index in [0.29, 0.717) is 33.6 Å². The van der Waals surface area contributed by atoms with Gasteiger partial charge in [0.25, 0.3) is 0 Å². The maximum absolute atomic E-state index is 7.95. The largest absolute Gasteiger partial charge is 0.486 e. The van der Waals surface area contributed by atoms with Gasteiger partial charge in [0.1, 0.15) is 11.9 Å². The summed E-state index contributed by atoms with van der Waals surface area (Å²) in [7, 11) is 0. The second-order valence-corrected chi connectivity index (χ2v) is 8.07. The molecule has 2 aromatic rings. The minimum Gasteiger partial charge on any atom is -0.486 e. The number of anilines is 1. The van der Waals surface area contributed by atoms with Gasteiger partial charge in [-0.3, -0.25) is 4.98 Å². The van der Waals surface area contributed by atoms with Gasteiger partial charge in [0.05, 0.1) is 15.7 Å². The summed E-state index contributed by atoms with van der Waals surface area (Å²) >= 11 is 14.8. The summed E-state index contributed by atoms with van der Waals surface area (Å²) in [6.07, 6.45) is 1.78. The fraction of sp³-hybridized carbons (Fsp3) is 0.333. The number of aromatic nitrogens is 1. The average molecular weight is 526 g/mol. The van der Waals surface area contributed by atoms with Crippen LogP contribution in [0.25, 0.3) is 0 Å².